The Balaban J connectivity index is 4.43. The van der Waals surface area contributed by atoms with Crippen LogP contribution in [-0.2, 0) is 10.0 Å². The molecule has 0 aliphatic heterocycles. The van der Waals surface area contributed by atoms with Crippen molar-refractivity contribution in [1.82, 2.24) is 4.31 Å². The fourth-order valence-corrected chi connectivity index (χ4v) is 1.01. The zero-order valence-electron chi connectivity index (χ0n) is 6.00. The van der Waals surface area contributed by atoms with Gasteiger partial charge in [-0.15, -0.1) is 6.58 Å². The fraction of sp³-hybridized carbons (Fsp3) is 0.600. The molecule has 0 aromatic heterocycles. The summed E-state index contributed by atoms with van der Waals surface area (Å²) in [7, 11) is -3.34. The first-order chi connectivity index (χ1) is 4.92. The average Bonchev–Trinajstić information content (AvgIpc) is 1.88. The van der Waals surface area contributed by atoms with Crippen LogP contribution in [0, 0.1) is 0 Å². The minimum absolute atomic E-state index is 0.104. The van der Waals surface area contributed by atoms with Crippen molar-refractivity contribution in [2.75, 3.05) is 13.6 Å². The summed E-state index contributed by atoms with van der Waals surface area (Å²) in [6.07, 6.45) is 1.24. The molecule has 0 aromatic rings. The second-order valence-electron chi connectivity index (χ2n) is 1.87. The van der Waals surface area contributed by atoms with E-state index in [0.29, 0.717) is 4.31 Å². The molecule has 0 saturated heterocycles. The molecule has 0 N–H and O–H groups in total. The molecule has 0 amide bonds. The first-order valence-electron chi connectivity index (χ1n) is 2.77. The largest absolute Gasteiger partial charge is 0.350 e. The highest BCUT2D eigenvalue weighted by Crippen LogP contribution is 2.08. The maximum atomic E-state index is 11.7. The standard InChI is InChI=1S/C5H9F2NO2S/c1-3-4-8(2)11(9,10)5(6)7/h3,5H,1,4H2,2H3. The van der Waals surface area contributed by atoms with Crippen molar-refractivity contribution in [3.8, 4) is 0 Å². The maximum absolute atomic E-state index is 11.7. The van der Waals surface area contributed by atoms with E-state index in [2.05, 4.69) is 6.58 Å². The van der Waals surface area contributed by atoms with Gasteiger partial charge in [0.2, 0.25) is 0 Å². The summed E-state index contributed by atoms with van der Waals surface area (Å²) in [5.41, 5.74) is 0. The Morgan fingerprint density at radius 3 is 2.36 bits per heavy atom. The Bertz CT molecular complexity index is 225. The number of hydrogen-bond donors (Lipinski definition) is 0. The third-order valence-corrected chi connectivity index (χ3v) is 2.51. The topological polar surface area (TPSA) is 37.4 Å². The molecule has 0 spiro atoms. The minimum atomic E-state index is -4.41. The van der Waals surface area contributed by atoms with Gasteiger partial charge in [0, 0.05) is 13.6 Å². The van der Waals surface area contributed by atoms with Crippen LogP contribution in [0.4, 0.5) is 8.78 Å². The molecular weight excluding hydrogens is 176 g/mol. The Labute approximate surface area is 64.4 Å². The molecule has 0 unspecified atom stereocenters. The second-order valence-corrected chi connectivity index (χ2v) is 3.88. The van der Waals surface area contributed by atoms with Crippen LogP contribution in [-0.4, -0.2) is 32.1 Å². The van der Waals surface area contributed by atoms with Crippen LogP contribution < -0.4 is 0 Å². The van der Waals surface area contributed by atoms with Gasteiger partial charge in [-0.2, -0.15) is 13.1 Å². The third kappa shape index (κ3) is 2.55. The van der Waals surface area contributed by atoms with E-state index in [-0.39, 0.29) is 6.54 Å². The molecule has 0 aliphatic rings. The fourth-order valence-electron chi connectivity index (χ4n) is 0.422. The van der Waals surface area contributed by atoms with E-state index in [9.17, 15) is 17.2 Å². The van der Waals surface area contributed by atoms with Crippen molar-refractivity contribution in [1.29, 1.82) is 0 Å². The second kappa shape index (κ2) is 3.77. The molecular formula is C5H9F2NO2S. The summed E-state index contributed by atoms with van der Waals surface area (Å²) < 4.78 is 45.1. The van der Waals surface area contributed by atoms with E-state index >= 15 is 0 Å². The Morgan fingerprint density at radius 1 is 1.64 bits per heavy atom. The number of nitrogens with zero attached hydrogens (tertiary/aromatic N) is 1. The van der Waals surface area contributed by atoms with Crippen molar-refractivity contribution in [2.45, 2.75) is 5.76 Å². The van der Waals surface area contributed by atoms with Crippen LogP contribution in [0.25, 0.3) is 0 Å². The predicted molar refractivity (Wildman–Crippen MR) is 37.8 cm³/mol. The van der Waals surface area contributed by atoms with E-state index in [1.807, 2.05) is 0 Å². The average molecular weight is 185 g/mol. The van der Waals surface area contributed by atoms with E-state index < -0.39 is 15.8 Å². The van der Waals surface area contributed by atoms with Gasteiger partial charge in [0.05, 0.1) is 0 Å². The van der Waals surface area contributed by atoms with E-state index in [4.69, 9.17) is 0 Å². The first-order valence-corrected chi connectivity index (χ1v) is 4.27. The molecule has 66 valence electrons. The van der Waals surface area contributed by atoms with Gasteiger partial charge in [-0.05, 0) is 0 Å². The van der Waals surface area contributed by atoms with Gasteiger partial charge >= 0.3 is 5.76 Å². The molecule has 0 atom stereocenters. The van der Waals surface area contributed by atoms with Gasteiger partial charge in [-0.1, -0.05) is 6.08 Å². The van der Waals surface area contributed by atoms with E-state index in [1.165, 1.54) is 6.08 Å². The maximum Gasteiger partial charge on any atom is 0.350 e. The molecule has 0 saturated carbocycles. The van der Waals surface area contributed by atoms with Crippen molar-refractivity contribution in [3.63, 3.8) is 0 Å². The van der Waals surface area contributed by atoms with Gasteiger partial charge in [-0.3, -0.25) is 0 Å². The van der Waals surface area contributed by atoms with Crippen LogP contribution in [0.15, 0.2) is 12.7 Å². The van der Waals surface area contributed by atoms with Crippen molar-refractivity contribution >= 4 is 10.0 Å². The quantitative estimate of drug-likeness (QED) is 0.603. The Morgan fingerprint density at radius 2 is 2.09 bits per heavy atom. The van der Waals surface area contributed by atoms with Crippen LogP contribution in [0.5, 0.6) is 0 Å². The van der Waals surface area contributed by atoms with Gasteiger partial charge in [-0.25, -0.2) is 8.42 Å². The summed E-state index contributed by atoms with van der Waals surface area (Å²) >= 11 is 0. The zero-order chi connectivity index (χ0) is 9.07. The first kappa shape index (κ1) is 10.5. The predicted octanol–water partition coefficient (Wildman–Crippen LogP) is 0.657. The highest BCUT2D eigenvalue weighted by Gasteiger charge is 2.27. The molecule has 0 aliphatic carbocycles. The molecule has 0 heterocycles. The summed E-state index contributed by atoms with van der Waals surface area (Å²) in [4.78, 5) is 0. The van der Waals surface area contributed by atoms with Crippen LogP contribution in [0.1, 0.15) is 0 Å². The molecule has 0 radical (unpaired) electrons. The molecule has 3 nitrogen and oxygen atoms in total. The van der Waals surface area contributed by atoms with Gasteiger partial charge in [0.25, 0.3) is 10.0 Å². The number of halogens is 2. The number of sulfonamides is 1. The molecule has 6 heteroatoms. The van der Waals surface area contributed by atoms with Crippen LogP contribution in [0.2, 0.25) is 0 Å². The van der Waals surface area contributed by atoms with Crippen molar-refractivity contribution < 1.29 is 17.2 Å². The normalized spacial score (nSPS) is 12.5. The molecule has 11 heavy (non-hydrogen) atoms. The van der Waals surface area contributed by atoms with Gasteiger partial charge in [0.1, 0.15) is 0 Å². The van der Waals surface area contributed by atoms with E-state index in [1.54, 1.807) is 0 Å². The van der Waals surface area contributed by atoms with Gasteiger partial charge < -0.3 is 0 Å². The Hall–Kier alpha value is -0.490. The SMILES string of the molecule is C=CCN(C)S(=O)(=O)C(F)F. The molecule has 0 aromatic carbocycles. The van der Waals surface area contributed by atoms with E-state index in [0.717, 1.165) is 7.05 Å². The summed E-state index contributed by atoms with van der Waals surface area (Å²) in [5, 5.41) is 0. The lowest BCUT2D eigenvalue weighted by Gasteiger charge is -2.13. The summed E-state index contributed by atoms with van der Waals surface area (Å²) in [5.74, 6) is -3.35. The lowest BCUT2D eigenvalue weighted by atomic mass is 10.6. The highest BCUT2D eigenvalue weighted by molar-refractivity contribution is 7.89. The van der Waals surface area contributed by atoms with Gasteiger partial charge in [0.15, 0.2) is 0 Å². The molecule has 0 bridgehead atoms. The zero-order valence-corrected chi connectivity index (χ0v) is 6.81. The number of alkyl halides is 2. The summed E-state index contributed by atoms with van der Waals surface area (Å²) in [6, 6.07) is 0. The number of rotatable bonds is 4. The van der Waals surface area contributed by atoms with Crippen LogP contribution >= 0.6 is 0 Å². The highest BCUT2D eigenvalue weighted by atomic mass is 32.2. The number of likely N-dealkylation sites (N-methyl/N-ethyl adjacent to an activating group) is 1. The Kier molecular flexibility index (Phi) is 3.61. The monoisotopic (exact) mass is 185 g/mol. The van der Waals surface area contributed by atoms with Crippen molar-refractivity contribution in [2.24, 2.45) is 0 Å². The molecule has 0 rings (SSSR count). The summed E-state index contributed by atoms with van der Waals surface area (Å²) in [6.45, 7) is 3.12. The lowest BCUT2D eigenvalue weighted by Crippen LogP contribution is -2.31. The lowest BCUT2D eigenvalue weighted by molar-refractivity contribution is 0.224. The van der Waals surface area contributed by atoms with Crippen molar-refractivity contribution in [3.05, 3.63) is 12.7 Å². The smallest absolute Gasteiger partial charge is 0.206 e. The third-order valence-electron chi connectivity index (χ3n) is 1.05. The van der Waals surface area contributed by atoms with Crippen LogP contribution in [0.3, 0.4) is 0 Å². The minimum Gasteiger partial charge on any atom is -0.206 e. The molecule has 0 fully saturated rings. The number of hydrogen-bond acceptors (Lipinski definition) is 2.